The van der Waals surface area contributed by atoms with Crippen molar-refractivity contribution in [1.82, 2.24) is 0 Å². The molecule has 1 rings (SSSR count). The van der Waals surface area contributed by atoms with Crippen molar-refractivity contribution >= 4 is 29.5 Å². The van der Waals surface area contributed by atoms with Gasteiger partial charge in [-0.2, -0.15) is 9.98 Å². The highest BCUT2D eigenvalue weighted by atomic mass is 16.5. The first kappa shape index (κ1) is 12.5. The number of esters is 1. The van der Waals surface area contributed by atoms with Crippen molar-refractivity contribution in [2.24, 2.45) is 9.98 Å². The van der Waals surface area contributed by atoms with Gasteiger partial charge in [0.1, 0.15) is 6.61 Å². The fourth-order valence-electron chi connectivity index (χ4n) is 1.13. The molecule has 0 aliphatic rings. The molecule has 0 unspecified atom stereocenters. The third-order valence-corrected chi connectivity index (χ3v) is 1.84. The van der Waals surface area contributed by atoms with E-state index in [1.54, 1.807) is 6.07 Å². The zero-order valence-electron chi connectivity index (χ0n) is 8.97. The van der Waals surface area contributed by atoms with Gasteiger partial charge in [-0.25, -0.2) is 9.59 Å². The molecule has 0 atom stereocenters. The number of carbonyl (C=O) groups excluding carboxylic acids is 3. The Morgan fingerprint density at radius 3 is 2.59 bits per heavy atom. The Hall–Kier alpha value is -2.55. The summed E-state index contributed by atoms with van der Waals surface area (Å²) in [5, 5.41) is 0. The van der Waals surface area contributed by atoms with Gasteiger partial charge in [0.2, 0.25) is 12.2 Å². The van der Waals surface area contributed by atoms with Gasteiger partial charge in [-0.15, -0.1) is 0 Å². The Labute approximate surface area is 96.6 Å². The lowest BCUT2D eigenvalue weighted by molar-refractivity contribution is -0.142. The van der Waals surface area contributed by atoms with Crippen LogP contribution in [0.1, 0.15) is 12.5 Å². The summed E-state index contributed by atoms with van der Waals surface area (Å²) in [5.41, 5.74) is 1.08. The van der Waals surface area contributed by atoms with E-state index >= 15 is 0 Å². The number of aliphatic imine (C=N–C) groups is 2. The molecule has 6 heteroatoms. The largest absolute Gasteiger partial charge is 0.461 e. The maximum absolute atomic E-state index is 10.7. The van der Waals surface area contributed by atoms with E-state index in [2.05, 4.69) is 9.98 Å². The Bertz CT molecular complexity index is 526. The van der Waals surface area contributed by atoms with Crippen LogP contribution in [0, 0.1) is 0 Å². The molecule has 1 aromatic carbocycles. The number of nitrogens with zero attached hydrogens (tertiary/aromatic N) is 2. The van der Waals surface area contributed by atoms with E-state index in [1.165, 1.54) is 31.2 Å². The second-order valence-electron chi connectivity index (χ2n) is 3.00. The fraction of sp³-hybridized carbons (Fsp3) is 0.182. The third kappa shape index (κ3) is 3.83. The monoisotopic (exact) mass is 232 g/mol. The average Bonchev–Trinajstić information content (AvgIpc) is 2.28. The number of carbonyl (C=O) groups is 1. The Balaban J connectivity index is 3.07. The summed E-state index contributed by atoms with van der Waals surface area (Å²) in [7, 11) is 0. The molecule has 0 bridgehead atoms. The second kappa shape index (κ2) is 6.12. The van der Waals surface area contributed by atoms with Gasteiger partial charge in [0.25, 0.3) is 0 Å². The van der Waals surface area contributed by atoms with Crippen molar-refractivity contribution in [3.05, 3.63) is 23.8 Å². The second-order valence-corrected chi connectivity index (χ2v) is 3.00. The van der Waals surface area contributed by atoms with Crippen LogP contribution in [0.15, 0.2) is 28.2 Å². The van der Waals surface area contributed by atoms with E-state index in [-0.39, 0.29) is 12.3 Å². The van der Waals surface area contributed by atoms with Crippen molar-refractivity contribution in [1.29, 1.82) is 0 Å². The van der Waals surface area contributed by atoms with Crippen LogP contribution in [0.25, 0.3) is 0 Å². The molecule has 0 fully saturated rings. The van der Waals surface area contributed by atoms with Gasteiger partial charge in [-0.1, -0.05) is 6.07 Å². The van der Waals surface area contributed by atoms with Crippen LogP contribution < -0.4 is 0 Å². The highest BCUT2D eigenvalue weighted by Crippen LogP contribution is 2.25. The van der Waals surface area contributed by atoms with Crippen LogP contribution >= 0.6 is 0 Å². The quantitative estimate of drug-likeness (QED) is 0.449. The predicted molar refractivity (Wildman–Crippen MR) is 57.5 cm³/mol. The molecule has 0 heterocycles. The van der Waals surface area contributed by atoms with Crippen molar-refractivity contribution < 1.29 is 19.1 Å². The first-order chi connectivity index (χ1) is 8.17. The van der Waals surface area contributed by atoms with Crippen LogP contribution in [0.5, 0.6) is 0 Å². The molecule has 0 saturated carbocycles. The molecule has 86 valence electrons. The number of rotatable bonds is 4. The minimum atomic E-state index is -0.443. The van der Waals surface area contributed by atoms with Crippen LogP contribution in [-0.2, 0) is 25.7 Å². The molecule has 0 aliphatic carbocycles. The molecular formula is C11H8N2O4. The number of benzene rings is 1. The van der Waals surface area contributed by atoms with Crippen molar-refractivity contribution in [2.75, 3.05) is 0 Å². The maximum Gasteiger partial charge on any atom is 0.302 e. The number of ether oxygens (including phenoxy) is 1. The number of hydrogen-bond acceptors (Lipinski definition) is 6. The molecule has 0 amide bonds. The van der Waals surface area contributed by atoms with Crippen LogP contribution in [-0.4, -0.2) is 18.1 Å². The van der Waals surface area contributed by atoms with Gasteiger partial charge in [-0.3, -0.25) is 4.79 Å². The van der Waals surface area contributed by atoms with E-state index in [0.29, 0.717) is 11.3 Å². The lowest BCUT2D eigenvalue weighted by Gasteiger charge is -2.05. The van der Waals surface area contributed by atoms with Crippen LogP contribution in [0.4, 0.5) is 11.4 Å². The smallest absolute Gasteiger partial charge is 0.302 e. The first-order valence-corrected chi connectivity index (χ1v) is 4.59. The Morgan fingerprint density at radius 1 is 1.29 bits per heavy atom. The van der Waals surface area contributed by atoms with E-state index < -0.39 is 5.97 Å². The van der Waals surface area contributed by atoms with Crippen LogP contribution in [0.2, 0.25) is 0 Å². The average molecular weight is 232 g/mol. The van der Waals surface area contributed by atoms with Crippen molar-refractivity contribution in [3.8, 4) is 0 Å². The maximum atomic E-state index is 10.7. The summed E-state index contributed by atoms with van der Waals surface area (Å²) in [6.07, 6.45) is 2.75. The summed E-state index contributed by atoms with van der Waals surface area (Å²) >= 11 is 0. The summed E-state index contributed by atoms with van der Waals surface area (Å²) < 4.78 is 4.78. The number of hydrogen-bond donors (Lipinski definition) is 0. The fourth-order valence-corrected chi connectivity index (χ4v) is 1.13. The SMILES string of the molecule is CC(=O)OCc1ccc(N=C=O)cc1N=C=O. The van der Waals surface area contributed by atoms with Gasteiger partial charge in [0.05, 0.1) is 11.4 Å². The minimum absolute atomic E-state index is 0.0130. The summed E-state index contributed by atoms with van der Waals surface area (Å²) in [6.45, 7) is 1.26. The molecule has 17 heavy (non-hydrogen) atoms. The van der Waals surface area contributed by atoms with Gasteiger partial charge in [0.15, 0.2) is 0 Å². The topological polar surface area (TPSA) is 85.2 Å². The molecule has 0 aromatic heterocycles. The minimum Gasteiger partial charge on any atom is -0.461 e. The van der Waals surface area contributed by atoms with E-state index in [4.69, 9.17) is 4.74 Å². The molecule has 6 nitrogen and oxygen atoms in total. The van der Waals surface area contributed by atoms with E-state index in [0.717, 1.165) is 0 Å². The zero-order valence-corrected chi connectivity index (χ0v) is 8.97. The van der Waals surface area contributed by atoms with Crippen LogP contribution in [0.3, 0.4) is 0 Å². The lowest BCUT2D eigenvalue weighted by Crippen LogP contribution is -1.98. The predicted octanol–water partition coefficient (Wildman–Crippen LogP) is 1.68. The molecule has 1 aromatic rings. The molecule has 0 spiro atoms. The first-order valence-electron chi connectivity index (χ1n) is 4.59. The normalized spacial score (nSPS) is 8.76. The van der Waals surface area contributed by atoms with Crippen molar-refractivity contribution in [3.63, 3.8) is 0 Å². The molecule has 0 N–H and O–H groups in total. The third-order valence-electron chi connectivity index (χ3n) is 1.84. The van der Waals surface area contributed by atoms with Gasteiger partial charge in [-0.05, 0) is 12.1 Å². The molecular weight excluding hydrogens is 224 g/mol. The Kier molecular flexibility index (Phi) is 4.51. The summed E-state index contributed by atoms with van der Waals surface area (Å²) in [6, 6.07) is 4.47. The van der Waals surface area contributed by atoms with Gasteiger partial charge < -0.3 is 4.74 Å². The van der Waals surface area contributed by atoms with E-state index in [1.807, 2.05) is 0 Å². The zero-order chi connectivity index (χ0) is 12.7. The van der Waals surface area contributed by atoms with Gasteiger partial charge >= 0.3 is 5.97 Å². The van der Waals surface area contributed by atoms with E-state index in [9.17, 15) is 14.4 Å². The molecule has 0 saturated heterocycles. The summed E-state index contributed by atoms with van der Waals surface area (Å²) in [4.78, 5) is 37.8. The highest BCUT2D eigenvalue weighted by molar-refractivity contribution is 5.67. The number of isocyanates is 2. The van der Waals surface area contributed by atoms with Gasteiger partial charge in [0, 0.05) is 12.5 Å². The standard InChI is InChI=1S/C11H8N2O4/c1-8(16)17-5-9-2-3-10(12-6-14)4-11(9)13-7-15/h2-4H,5H2,1H3. The molecule has 0 aliphatic heterocycles. The lowest BCUT2D eigenvalue weighted by atomic mass is 10.1. The highest BCUT2D eigenvalue weighted by Gasteiger charge is 2.05. The molecule has 0 radical (unpaired) electrons. The van der Waals surface area contributed by atoms with Crippen molar-refractivity contribution in [2.45, 2.75) is 13.5 Å². The summed E-state index contributed by atoms with van der Waals surface area (Å²) in [5.74, 6) is -0.443. The Morgan fingerprint density at radius 2 is 2.00 bits per heavy atom.